The Hall–Kier alpha value is -3.66. The number of amides is 2. The predicted octanol–water partition coefficient (Wildman–Crippen LogP) is 3.98. The quantitative estimate of drug-likeness (QED) is 0.167. The first-order valence-corrected chi connectivity index (χ1v) is 12.7. The summed E-state index contributed by atoms with van der Waals surface area (Å²) < 4.78 is 27.6. The van der Waals surface area contributed by atoms with E-state index in [1.54, 1.807) is 24.0 Å². The third kappa shape index (κ3) is 9.33. The van der Waals surface area contributed by atoms with E-state index in [4.69, 9.17) is 11.3 Å². The van der Waals surface area contributed by atoms with Crippen molar-refractivity contribution in [2.45, 2.75) is 65.0 Å². The van der Waals surface area contributed by atoms with Gasteiger partial charge in [-0.25, -0.2) is 8.78 Å². The number of aryl methyl sites for hydroxylation is 1. The van der Waals surface area contributed by atoms with Gasteiger partial charge in [0.2, 0.25) is 0 Å². The molecule has 0 heterocycles. The second-order valence-corrected chi connectivity index (χ2v) is 9.35. The van der Waals surface area contributed by atoms with Crippen LogP contribution in [0, 0.1) is 24.0 Å². The van der Waals surface area contributed by atoms with E-state index in [0.717, 1.165) is 37.3 Å². The third-order valence-electron chi connectivity index (χ3n) is 5.96. The molecular weight excluding hydrogens is 492 g/mol. The van der Waals surface area contributed by atoms with Crippen molar-refractivity contribution in [1.82, 2.24) is 10.2 Å². The molecule has 0 saturated carbocycles. The zero-order valence-electron chi connectivity index (χ0n) is 22.1. The lowest BCUT2D eigenvalue weighted by Crippen LogP contribution is -2.45. The molecule has 0 spiro atoms. The minimum atomic E-state index is -1.15. The summed E-state index contributed by atoms with van der Waals surface area (Å²) in [5.41, 5.74) is 1.66. The van der Waals surface area contributed by atoms with E-state index in [9.17, 15) is 23.5 Å². The minimum Gasteiger partial charge on any atom is -0.391 e. The number of hydrazone groups is 1. The molecule has 0 saturated heterocycles. The van der Waals surface area contributed by atoms with Gasteiger partial charge in [0.25, 0.3) is 11.8 Å². The fourth-order valence-electron chi connectivity index (χ4n) is 4.25. The smallest absolute Gasteiger partial charge is 0.253 e. The molecule has 0 aliphatic heterocycles. The average molecular weight is 530 g/mol. The van der Waals surface area contributed by atoms with E-state index in [1.807, 2.05) is 13.8 Å². The summed E-state index contributed by atoms with van der Waals surface area (Å²) in [6.45, 7) is 6.97. The molecule has 206 valence electrons. The Bertz CT molecular complexity index is 1130. The molecule has 0 radical (unpaired) electrons. The third-order valence-corrected chi connectivity index (χ3v) is 5.96. The minimum absolute atomic E-state index is 0.0573. The van der Waals surface area contributed by atoms with Crippen molar-refractivity contribution < 1.29 is 23.5 Å². The molecule has 38 heavy (non-hydrogen) atoms. The van der Waals surface area contributed by atoms with Crippen molar-refractivity contribution in [2.24, 2.45) is 10.9 Å². The fourth-order valence-corrected chi connectivity index (χ4v) is 4.25. The lowest BCUT2D eigenvalue weighted by Gasteiger charge is -2.25. The Balaban J connectivity index is 2.32. The number of aliphatic hydroxyl groups excluding tert-OH is 1. The van der Waals surface area contributed by atoms with Gasteiger partial charge in [-0.1, -0.05) is 13.8 Å². The summed E-state index contributed by atoms with van der Waals surface area (Å²) in [5, 5.41) is 24.7. The second-order valence-electron chi connectivity index (χ2n) is 9.35. The van der Waals surface area contributed by atoms with Crippen LogP contribution in [0.3, 0.4) is 0 Å². The monoisotopic (exact) mass is 529 g/mol. The highest BCUT2D eigenvalue weighted by molar-refractivity contribution is 6.28. The Labute approximate surface area is 222 Å². The highest BCUT2D eigenvalue weighted by Crippen LogP contribution is 2.17. The van der Waals surface area contributed by atoms with Gasteiger partial charge in [0, 0.05) is 30.3 Å². The highest BCUT2D eigenvalue weighted by Gasteiger charge is 2.24. The van der Waals surface area contributed by atoms with Crippen LogP contribution in [0.2, 0.25) is 0 Å². The number of aliphatic hydroxyl groups is 1. The van der Waals surface area contributed by atoms with Crippen LogP contribution in [-0.4, -0.2) is 59.0 Å². The van der Waals surface area contributed by atoms with Crippen molar-refractivity contribution in [1.29, 1.82) is 5.41 Å². The molecule has 0 fully saturated rings. The number of nitrogens with one attached hydrogen (secondary N) is 2. The van der Waals surface area contributed by atoms with E-state index < -0.39 is 29.7 Å². The number of benzene rings is 2. The van der Waals surface area contributed by atoms with Crippen molar-refractivity contribution >= 4 is 23.7 Å². The number of nitrogens with zero attached hydrogens (tertiary/aromatic N) is 2. The number of carbonyl (C=O) groups excluding carboxylic acids is 2. The molecule has 0 aliphatic rings. The van der Waals surface area contributed by atoms with Crippen LogP contribution in [-0.2, 0) is 6.42 Å². The first kappa shape index (κ1) is 30.6. The Morgan fingerprint density at radius 3 is 2.26 bits per heavy atom. The lowest BCUT2D eigenvalue weighted by atomic mass is 9.96. The molecule has 0 aliphatic carbocycles. The van der Waals surface area contributed by atoms with Crippen LogP contribution in [0.5, 0.6) is 0 Å². The zero-order chi connectivity index (χ0) is 28.2. The molecule has 8 nitrogen and oxygen atoms in total. The predicted molar refractivity (Wildman–Crippen MR) is 145 cm³/mol. The summed E-state index contributed by atoms with van der Waals surface area (Å²) in [6, 6.07) is 6.96. The maximum absolute atomic E-state index is 13.8. The van der Waals surface area contributed by atoms with Crippen molar-refractivity contribution in [3.05, 3.63) is 70.3 Å². The molecule has 0 aromatic heterocycles. The van der Waals surface area contributed by atoms with E-state index >= 15 is 0 Å². The van der Waals surface area contributed by atoms with E-state index in [-0.39, 0.29) is 42.0 Å². The van der Waals surface area contributed by atoms with Gasteiger partial charge in [-0.15, -0.1) is 0 Å². The van der Waals surface area contributed by atoms with Crippen LogP contribution in [0.1, 0.15) is 71.4 Å². The van der Waals surface area contributed by atoms with Gasteiger partial charge in [-0.05, 0) is 80.5 Å². The average Bonchev–Trinajstić information content (AvgIpc) is 2.85. The molecule has 5 N–H and O–H groups in total. The number of carbonyl (C=O) groups is 2. The molecule has 0 bridgehead atoms. The Kier molecular flexibility index (Phi) is 12.0. The van der Waals surface area contributed by atoms with E-state index in [2.05, 4.69) is 10.4 Å². The Morgan fingerprint density at radius 2 is 1.68 bits per heavy atom. The summed E-state index contributed by atoms with van der Waals surface area (Å²) in [4.78, 5) is 28.2. The summed E-state index contributed by atoms with van der Waals surface area (Å²) in [6.07, 6.45) is 1.76. The number of nitrogens with two attached hydrogens (primary N) is 1. The first-order chi connectivity index (χ1) is 18.1. The van der Waals surface area contributed by atoms with Gasteiger partial charge >= 0.3 is 0 Å². The largest absolute Gasteiger partial charge is 0.391 e. The Morgan fingerprint density at radius 1 is 1.08 bits per heavy atom. The van der Waals surface area contributed by atoms with E-state index in [1.165, 1.54) is 6.07 Å². The van der Waals surface area contributed by atoms with Gasteiger partial charge in [-0.2, -0.15) is 5.10 Å². The van der Waals surface area contributed by atoms with Gasteiger partial charge in [0.1, 0.15) is 11.6 Å². The molecule has 10 heteroatoms. The molecular formula is C28H37F2N5O3. The van der Waals surface area contributed by atoms with Crippen LogP contribution in [0.25, 0.3) is 0 Å². The van der Waals surface area contributed by atoms with Crippen LogP contribution >= 0.6 is 0 Å². The molecule has 2 aromatic carbocycles. The van der Waals surface area contributed by atoms with Gasteiger partial charge < -0.3 is 26.6 Å². The van der Waals surface area contributed by atoms with Gasteiger partial charge in [0.05, 0.1) is 24.1 Å². The number of hydrogen-bond donors (Lipinski definition) is 4. The van der Waals surface area contributed by atoms with Crippen molar-refractivity contribution in [3.63, 3.8) is 0 Å². The van der Waals surface area contributed by atoms with Crippen LogP contribution < -0.4 is 11.2 Å². The highest BCUT2D eigenvalue weighted by atomic mass is 19.1. The molecule has 2 rings (SSSR count). The summed E-state index contributed by atoms with van der Waals surface area (Å²) >= 11 is 0. The SMILES string of the molecule is CCCN(CCC)C(=O)c1cc(C)cc(C(=O)NC(Cc2cc(F)cc(F)c2)C(O)CCC(=N)/C=N\N)c1. The maximum atomic E-state index is 13.8. The second kappa shape index (κ2) is 14.9. The summed E-state index contributed by atoms with van der Waals surface area (Å²) in [5.74, 6) is 2.81. The van der Waals surface area contributed by atoms with Crippen LogP contribution in [0.15, 0.2) is 41.5 Å². The van der Waals surface area contributed by atoms with Gasteiger partial charge in [-0.3, -0.25) is 9.59 Å². The zero-order valence-corrected chi connectivity index (χ0v) is 22.1. The van der Waals surface area contributed by atoms with Gasteiger partial charge in [0.15, 0.2) is 0 Å². The van der Waals surface area contributed by atoms with E-state index in [0.29, 0.717) is 24.2 Å². The van der Waals surface area contributed by atoms with Crippen molar-refractivity contribution in [2.75, 3.05) is 13.1 Å². The molecule has 2 aromatic rings. The molecule has 2 unspecified atom stereocenters. The fraction of sp³-hybridized carbons (Fsp3) is 0.429. The van der Waals surface area contributed by atoms with Crippen molar-refractivity contribution in [3.8, 4) is 0 Å². The lowest BCUT2D eigenvalue weighted by molar-refractivity contribution is 0.0755. The number of hydrogen-bond acceptors (Lipinski definition) is 6. The molecule has 2 amide bonds. The maximum Gasteiger partial charge on any atom is 0.253 e. The number of halogens is 2. The summed E-state index contributed by atoms with van der Waals surface area (Å²) in [7, 11) is 0. The standard InChI is InChI=1S/C28H37F2N5O3/c1-4-8-35(9-5-2)28(38)21-11-18(3)10-20(15-21)27(37)34-25(26(36)7-6-24(31)17-33-32)14-19-12-22(29)16-23(30)13-19/h10-13,15-17,25-26,31,36H,4-9,14,32H2,1-3H3,(H,34,37)/b31-24?,33-17-. The normalized spacial score (nSPS) is 12.8. The molecule has 2 atom stereocenters. The topological polar surface area (TPSA) is 132 Å². The number of rotatable bonds is 14. The van der Waals surface area contributed by atoms with Crippen LogP contribution in [0.4, 0.5) is 8.78 Å². The first-order valence-electron chi connectivity index (χ1n) is 12.7.